The molecule has 1 aromatic rings. The van der Waals surface area contributed by atoms with Crippen LogP contribution in [0, 0.1) is 5.92 Å². The van der Waals surface area contributed by atoms with E-state index in [1.807, 2.05) is 0 Å². The minimum atomic E-state index is -0.968. The van der Waals surface area contributed by atoms with Crippen LogP contribution in [0.15, 0.2) is 22.8 Å². The number of imide groups is 1. The first kappa shape index (κ1) is 17.1. The average Bonchev–Trinajstić information content (AvgIpc) is 2.88. The molecule has 0 aliphatic heterocycles. The molecule has 1 atom stereocenters. The number of hydrogen-bond donors (Lipinski definition) is 3. The van der Waals surface area contributed by atoms with Crippen LogP contribution in [0.2, 0.25) is 0 Å². The molecule has 0 radical (unpaired) electrons. The molecule has 0 aliphatic rings. The van der Waals surface area contributed by atoms with E-state index in [4.69, 9.17) is 9.52 Å². The molecule has 0 bridgehead atoms. The fraction of sp³-hybridized carbons (Fsp3) is 0.462. The van der Waals surface area contributed by atoms with Gasteiger partial charge in [0.25, 0.3) is 0 Å². The third-order valence-electron chi connectivity index (χ3n) is 2.50. The molecule has 3 N–H and O–H groups in total. The maximum atomic E-state index is 11.6. The summed E-state index contributed by atoms with van der Waals surface area (Å²) in [6, 6.07) is 2.74. The molecule has 0 saturated carbocycles. The maximum Gasteiger partial charge on any atom is 0.321 e. The molecular formula is C13H18N2O5S. The van der Waals surface area contributed by atoms with Gasteiger partial charge in [0.05, 0.1) is 18.6 Å². The van der Waals surface area contributed by atoms with Gasteiger partial charge in [-0.2, -0.15) is 0 Å². The van der Waals surface area contributed by atoms with Crippen molar-refractivity contribution in [3.63, 3.8) is 0 Å². The van der Waals surface area contributed by atoms with Gasteiger partial charge >= 0.3 is 12.0 Å². The predicted octanol–water partition coefficient (Wildman–Crippen LogP) is 1.45. The van der Waals surface area contributed by atoms with Crippen molar-refractivity contribution in [1.29, 1.82) is 0 Å². The zero-order chi connectivity index (χ0) is 15.8. The molecule has 0 fully saturated rings. The zero-order valence-electron chi connectivity index (χ0n) is 11.8. The van der Waals surface area contributed by atoms with Crippen LogP contribution in [-0.4, -0.2) is 34.0 Å². The van der Waals surface area contributed by atoms with Crippen LogP contribution in [0.25, 0.3) is 0 Å². The monoisotopic (exact) mass is 314 g/mol. The molecule has 3 amide bonds. The first-order valence-corrected chi connectivity index (χ1v) is 7.39. The number of furan rings is 1. The van der Waals surface area contributed by atoms with Crippen LogP contribution in [-0.2, 0) is 16.1 Å². The minimum Gasteiger partial charge on any atom is -0.480 e. The smallest absolute Gasteiger partial charge is 0.321 e. The van der Waals surface area contributed by atoms with Crippen LogP contribution in [0.5, 0.6) is 0 Å². The van der Waals surface area contributed by atoms with Crippen molar-refractivity contribution >= 4 is 29.7 Å². The molecule has 0 aliphatic carbocycles. The van der Waals surface area contributed by atoms with E-state index in [2.05, 4.69) is 10.6 Å². The van der Waals surface area contributed by atoms with Crippen molar-refractivity contribution in [1.82, 2.24) is 10.6 Å². The summed E-state index contributed by atoms with van der Waals surface area (Å²) in [4.78, 5) is 34.0. The van der Waals surface area contributed by atoms with Gasteiger partial charge < -0.3 is 14.8 Å². The van der Waals surface area contributed by atoms with Gasteiger partial charge in [0.1, 0.15) is 11.0 Å². The molecule has 1 unspecified atom stereocenters. The van der Waals surface area contributed by atoms with E-state index in [1.54, 1.807) is 26.0 Å². The average molecular weight is 314 g/mol. The largest absolute Gasteiger partial charge is 0.480 e. The maximum absolute atomic E-state index is 11.6. The van der Waals surface area contributed by atoms with E-state index >= 15 is 0 Å². The lowest BCUT2D eigenvalue weighted by atomic mass is 10.1. The Morgan fingerprint density at radius 1 is 1.38 bits per heavy atom. The van der Waals surface area contributed by atoms with E-state index in [0.29, 0.717) is 5.76 Å². The summed E-state index contributed by atoms with van der Waals surface area (Å²) in [7, 11) is 0. The second kappa shape index (κ2) is 8.35. The highest BCUT2D eigenvalue weighted by Crippen LogP contribution is 2.19. The molecule has 0 aromatic carbocycles. The Hall–Kier alpha value is -1.96. The third kappa shape index (κ3) is 6.35. The molecule has 1 heterocycles. The molecule has 116 valence electrons. The number of hydrogen-bond acceptors (Lipinski definition) is 5. The van der Waals surface area contributed by atoms with Crippen molar-refractivity contribution in [3.8, 4) is 0 Å². The Bertz CT molecular complexity index is 487. The third-order valence-corrected chi connectivity index (χ3v) is 4.03. The Labute approximate surface area is 126 Å². The summed E-state index contributed by atoms with van der Waals surface area (Å²) in [5, 5.41) is 12.9. The quantitative estimate of drug-likeness (QED) is 0.703. The number of carboxylic acid groups (broad SMARTS) is 1. The summed E-state index contributed by atoms with van der Waals surface area (Å²) in [5.74, 6) is -1.14. The Balaban J connectivity index is 2.29. The number of carbonyl (C=O) groups excluding carboxylic acids is 2. The number of carboxylic acids is 1. The van der Waals surface area contributed by atoms with Crippen LogP contribution >= 0.6 is 11.8 Å². The van der Waals surface area contributed by atoms with Gasteiger partial charge in [-0.05, 0) is 18.1 Å². The zero-order valence-corrected chi connectivity index (χ0v) is 12.6. The molecule has 7 nitrogen and oxygen atoms in total. The molecule has 0 saturated heterocycles. The Morgan fingerprint density at radius 2 is 2.10 bits per heavy atom. The van der Waals surface area contributed by atoms with Gasteiger partial charge in [0, 0.05) is 0 Å². The number of thioether (sulfide) groups is 1. The number of aliphatic carboxylic acids is 1. The lowest BCUT2D eigenvalue weighted by Crippen LogP contribution is -2.40. The second-order valence-corrected chi connectivity index (χ2v) is 5.75. The topological polar surface area (TPSA) is 109 Å². The lowest BCUT2D eigenvalue weighted by Gasteiger charge is -2.15. The number of amides is 3. The van der Waals surface area contributed by atoms with Gasteiger partial charge in [-0.3, -0.25) is 14.9 Å². The molecule has 8 heteroatoms. The number of rotatable bonds is 7. The number of urea groups is 1. The number of nitrogens with one attached hydrogen (secondary N) is 2. The standard InChI is InChI=1S/C13H18N2O5S/c1-8(2)11(12(17)18)21-7-10(16)15-13(19)14-6-9-4-3-5-20-9/h3-5,8,11H,6-7H2,1-2H3,(H,17,18)(H2,14,15,16,19). The SMILES string of the molecule is CC(C)C(SCC(=O)NC(=O)NCc1ccco1)C(=O)O. The van der Waals surface area contributed by atoms with Gasteiger partial charge in [0.15, 0.2) is 0 Å². The Kier molecular flexibility index (Phi) is 6.80. The summed E-state index contributed by atoms with van der Waals surface area (Å²) in [5.41, 5.74) is 0. The summed E-state index contributed by atoms with van der Waals surface area (Å²) >= 11 is 0.994. The number of carbonyl (C=O) groups is 3. The molecule has 21 heavy (non-hydrogen) atoms. The van der Waals surface area contributed by atoms with E-state index in [-0.39, 0.29) is 18.2 Å². The van der Waals surface area contributed by atoms with Gasteiger partial charge in [0.2, 0.25) is 5.91 Å². The van der Waals surface area contributed by atoms with Crippen LogP contribution in [0.4, 0.5) is 4.79 Å². The highest BCUT2D eigenvalue weighted by Gasteiger charge is 2.23. The summed E-state index contributed by atoms with van der Waals surface area (Å²) in [6.45, 7) is 3.70. The molecular weight excluding hydrogens is 296 g/mol. The fourth-order valence-electron chi connectivity index (χ4n) is 1.50. The van der Waals surface area contributed by atoms with Crippen LogP contribution in [0.1, 0.15) is 19.6 Å². The van der Waals surface area contributed by atoms with Crippen molar-refractivity contribution in [2.24, 2.45) is 5.92 Å². The van der Waals surface area contributed by atoms with Crippen LogP contribution in [0.3, 0.4) is 0 Å². The first-order chi connectivity index (χ1) is 9.90. The second-order valence-electron chi connectivity index (χ2n) is 4.62. The normalized spacial score (nSPS) is 12.0. The van der Waals surface area contributed by atoms with E-state index < -0.39 is 23.2 Å². The van der Waals surface area contributed by atoms with Crippen molar-refractivity contribution in [3.05, 3.63) is 24.2 Å². The van der Waals surface area contributed by atoms with Crippen LogP contribution < -0.4 is 10.6 Å². The minimum absolute atomic E-state index is 0.0939. The fourth-order valence-corrected chi connectivity index (χ4v) is 2.43. The summed E-state index contributed by atoms with van der Waals surface area (Å²) < 4.78 is 5.02. The van der Waals surface area contributed by atoms with Crippen molar-refractivity contribution < 1.29 is 23.9 Å². The highest BCUT2D eigenvalue weighted by atomic mass is 32.2. The first-order valence-electron chi connectivity index (χ1n) is 6.34. The van der Waals surface area contributed by atoms with E-state index in [0.717, 1.165) is 11.8 Å². The predicted molar refractivity (Wildman–Crippen MR) is 77.8 cm³/mol. The Morgan fingerprint density at radius 3 is 2.62 bits per heavy atom. The molecule has 1 rings (SSSR count). The van der Waals surface area contributed by atoms with E-state index in [1.165, 1.54) is 6.26 Å². The summed E-state index contributed by atoms with van der Waals surface area (Å²) in [6.07, 6.45) is 1.48. The van der Waals surface area contributed by atoms with Crippen molar-refractivity contribution in [2.75, 3.05) is 5.75 Å². The van der Waals surface area contributed by atoms with Crippen molar-refractivity contribution in [2.45, 2.75) is 25.6 Å². The lowest BCUT2D eigenvalue weighted by molar-refractivity contribution is -0.137. The van der Waals surface area contributed by atoms with E-state index in [9.17, 15) is 14.4 Å². The van der Waals surface area contributed by atoms with Gasteiger partial charge in [-0.25, -0.2) is 4.79 Å². The molecule has 1 aromatic heterocycles. The molecule has 0 spiro atoms. The van der Waals surface area contributed by atoms with Gasteiger partial charge in [-0.1, -0.05) is 13.8 Å². The highest BCUT2D eigenvalue weighted by molar-refractivity contribution is 8.01. The van der Waals surface area contributed by atoms with Gasteiger partial charge in [-0.15, -0.1) is 11.8 Å².